The molecule has 1 atom stereocenters. The average Bonchev–Trinajstić information content (AvgIpc) is 2.29. The first kappa shape index (κ1) is 13.7. The number of rotatable bonds is 6. The van der Waals surface area contributed by atoms with Gasteiger partial charge in [-0.1, -0.05) is 0 Å². The fourth-order valence-corrected chi connectivity index (χ4v) is 1.89. The van der Waals surface area contributed by atoms with Gasteiger partial charge in [-0.05, 0) is 27.9 Å². The van der Waals surface area contributed by atoms with Crippen LogP contribution in [0, 0.1) is 0 Å². The molecule has 6 nitrogen and oxygen atoms in total. The number of aromatic nitrogens is 2. The molecule has 1 rings (SSSR count). The second-order valence-electron chi connectivity index (χ2n) is 4.30. The number of nitrogens with one attached hydrogen (secondary N) is 1. The zero-order valence-electron chi connectivity index (χ0n) is 11.0. The van der Waals surface area contributed by atoms with Crippen LogP contribution in [0.25, 0.3) is 0 Å². The molecule has 0 aromatic carbocycles. The maximum absolute atomic E-state index is 5.34. The molecule has 0 aliphatic rings. The zero-order chi connectivity index (χ0) is 12.8. The standard InChI is InChI=1S/C11H22N6/c1-5-17(9(2)8-16(3)4)11-7-13-6-10(14-11)15-12/h6-7,9H,5,8,12H2,1-4H3,(H,14,15). The SMILES string of the molecule is CCN(c1cncc(NN)n1)C(C)CN(C)C. The first-order chi connectivity index (χ1) is 8.08. The fraction of sp³-hybridized carbons (Fsp3) is 0.636. The van der Waals surface area contributed by atoms with Crippen molar-refractivity contribution in [1.29, 1.82) is 0 Å². The quantitative estimate of drug-likeness (QED) is 0.557. The molecule has 96 valence electrons. The molecule has 1 unspecified atom stereocenters. The van der Waals surface area contributed by atoms with Crippen molar-refractivity contribution in [2.24, 2.45) is 5.84 Å². The summed E-state index contributed by atoms with van der Waals surface area (Å²) < 4.78 is 0. The molecule has 6 heteroatoms. The van der Waals surface area contributed by atoms with Gasteiger partial charge >= 0.3 is 0 Å². The highest BCUT2D eigenvalue weighted by molar-refractivity contribution is 5.43. The Labute approximate surface area is 103 Å². The largest absolute Gasteiger partial charge is 0.352 e. The number of hydrogen-bond donors (Lipinski definition) is 2. The first-order valence-corrected chi connectivity index (χ1v) is 5.78. The summed E-state index contributed by atoms with van der Waals surface area (Å²) in [6.45, 7) is 6.14. The molecule has 0 fully saturated rings. The van der Waals surface area contributed by atoms with Crippen LogP contribution in [-0.2, 0) is 0 Å². The minimum atomic E-state index is 0.373. The van der Waals surface area contributed by atoms with E-state index < -0.39 is 0 Å². The highest BCUT2D eigenvalue weighted by Crippen LogP contribution is 2.14. The van der Waals surface area contributed by atoms with Crippen LogP contribution in [0.1, 0.15) is 13.8 Å². The van der Waals surface area contributed by atoms with Gasteiger partial charge in [0.05, 0.1) is 12.4 Å². The van der Waals surface area contributed by atoms with E-state index in [-0.39, 0.29) is 0 Å². The number of likely N-dealkylation sites (N-methyl/N-ethyl adjacent to an activating group) is 2. The first-order valence-electron chi connectivity index (χ1n) is 5.78. The molecule has 3 N–H and O–H groups in total. The summed E-state index contributed by atoms with van der Waals surface area (Å²) in [5.41, 5.74) is 2.52. The Hall–Kier alpha value is -1.40. The maximum atomic E-state index is 5.34. The lowest BCUT2D eigenvalue weighted by molar-refractivity contribution is 0.372. The van der Waals surface area contributed by atoms with Crippen LogP contribution in [0.2, 0.25) is 0 Å². The minimum absolute atomic E-state index is 0.373. The van der Waals surface area contributed by atoms with Gasteiger partial charge < -0.3 is 15.2 Å². The van der Waals surface area contributed by atoms with Gasteiger partial charge in [-0.25, -0.2) is 10.8 Å². The Balaban J connectivity index is 2.84. The summed E-state index contributed by atoms with van der Waals surface area (Å²) in [6, 6.07) is 0.373. The second kappa shape index (κ2) is 6.36. The second-order valence-corrected chi connectivity index (χ2v) is 4.30. The van der Waals surface area contributed by atoms with Gasteiger partial charge in [0.25, 0.3) is 0 Å². The smallest absolute Gasteiger partial charge is 0.160 e. The highest BCUT2D eigenvalue weighted by Gasteiger charge is 2.15. The normalized spacial score (nSPS) is 12.6. The van der Waals surface area contributed by atoms with E-state index in [2.05, 4.69) is 53.1 Å². The van der Waals surface area contributed by atoms with Gasteiger partial charge in [-0.3, -0.25) is 4.98 Å². The predicted molar refractivity (Wildman–Crippen MR) is 70.9 cm³/mol. The molecule has 0 aliphatic heterocycles. The van der Waals surface area contributed by atoms with Crippen molar-refractivity contribution in [2.45, 2.75) is 19.9 Å². The summed E-state index contributed by atoms with van der Waals surface area (Å²) in [7, 11) is 4.13. The zero-order valence-corrected chi connectivity index (χ0v) is 11.0. The van der Waals surface area contributed by atoms with Crippen LogP contribution in [0.4, 0.5) is 11.6 Å². The molecule has 0 radical (unpaired) electrons. The molecule has 1 aromatic rings. The number of hydrazine groups is 1. The molecular weight excluding hydrogens is 216 g/mol. The highest BCUT2D eigenvalue weighted by atomic mass is 15.3. The van der Waals surface area contributed by atoms with E-state index in [1.54, 1.807) is 12.4 Å². The molecule has 0 bridgehead atoms. The lowest BCUT2D eigenvalue weighted by Gasteiger charge is -2.30. The summed E-state index contributed by atoms with van der Waals surface area (Å²) in [4.78, 5) is 12.9. The maximum Gasteiger partial charge on any atom is 0.160 e. The number of nitrogens with two attached hydrogens (primary N) is 1. The van der Waals surface area contributed by atoms with Crippen LogP contribution in [0.5, 0.6) is 0 Å². The molecule has 0 spiro atoms. The van der Waals surface area contributed by atoms with Gasteiger partial charge in [0, 0.05) is 19.1 Å². The predicted octanol–water partition coefficient (Wildman–Crippen LogP) is 0.539. The number of nitrogens with zero attached hydrogens (tertiary/aromatic N) is 4. The van der Waals surface area contributed by atoms with Crippen LogP contribution in [0.3, 0.4) is 0 Å². The minimum Gasteiger partial charge on any atom is -0.352 e. The van der Waals surface area contributed by atoms with Crippen molar-refractivity contribution in [3.05, 3.63) is 12.4 Å². The van der Waals surface area contributed by atoms with Gasteiger partial charge in [-0.15, -0.1) is 0 Å². The Morgan fingerprint density at radius 3 is 2.65 bits per heavy atom. The number of nitrogen functional groups attached to an aromatic ring is 1. The number of hydrogen-bond acceptors (Lipinski definition) is 6. The van der Waals surface area contributed by atoms with E-state index in [4.69, 9.17) is 5.84 Å². The van der Waals surface area contributed by atoms with Crippen molar-refractivity contribution < 1.29 is 0 Å². The van der Waals surface area contributed by atoms with E-state index in [0.29, 0.717) is 11.9 Å². The van der Waals surface area contributed by atoms with E-state index in [1.165, 1.54) is 0 Å². The Morgan fingerprint density at radius 2 is 2.12 bits per heavy atom. The van der Waals surface area contributed by atoms with Crippen LogP contribution in [0.15, 0.2) is 12.4 Å². The molecule has 0 amide bonds. The lowest BCUT2D eigenvalue weighted by atomic mass is 10.2. The molecular formula is C11H22N6. The lowest BCUT2D eigenvalue weighted by Crippen LogP contribution is -2.40. The van der Waals surface area contributed by atoms with Crippen molar-refractivity contribution in [1.82, 2.24) is 14.9 Å². The topological polar surface area (TPSA) is 70.3 Å². The van der Waals surface area contributed by atoms with Gasteiger partial charge in [-0.2, -0.15) is 0 Å². The molecule has 0 saturated heterocycles. The molecule has 0 aliphatic carbocycles. The van der Waals surface area contributed by atoms with Crippen molar-refractivity contribution in [3.63, 3.8) is 0 Å². The van der Waals surface area contributed by atoms with Gasteiger partial charge in [0.15, 0.2) is 5.82 Å². The fourth-order valence-electron chi connectivity index (χ4n) is 1.89. The van der Waals surface area contributed by atoms with Crippen LogP contribution in [-0.4, -0.2) is 48.1 Å². The summed E-state index contributed by atoms with van der Waals surface area (Å²) >= 11 is 0. The van der Waals surface area contributed by atoms with Gasteiger partial charge in [0.1, 0.15) is 5.82 Å². The monoisotopic (exact) mass is 238 g/mol. The average molecular weight is 238 g/mol. The Bertz CT molecular complexity index is 340. The summed E-state index contributed by atoms with van der Waals surface area (Å²) in [6.07, 6.45) is 3.37. The van der Waals surface area contributed by atoms with Crippen LogP contribution < -0.4 is 16.2 Å². The van der Waals surface area contributed by atoms with Crippen molar-refractivity contribution in [2.75, 3.05) is 37.5 Å². The van der Waals surface area contributed by atoms with E-state index in [1.807, 2.05) is 0 Å². The van der Waals surface area contributed by atoms with E-state index >= 15 is 0 Å². The van der Waals surface area contributed by atoms with E-state index in [0.717, 1.165) is 18.9 Å². The Morgan fingerprint density at radius 1 is 1.41 bits per heavy atom. The molecule has 17 heavy (non-hydrogen) atoms. The summed E-state index contributed by atoms with van der Waals surface area (Å²) in [5, 5.41) is 0. The van der Waals surface area contributed by atoms with E-state index in [9.17, 15) is 0 Å². The van der Waals surface area contributed by atoms with Crippen molar-refractivity contribution in [3.8, 4) is 0 Å². The van der Waals surface area contributed by atoms with Crippen LogP contribution >= 0.6 is 0 Å². The van der Waals surface area contributed by atoms with Gasteiger partial charge in [0.2, 0.25) is 0 Å². The third kappa shape index (κ3) is 3.83. The molecule has 1 aromatic heterocycles. The number of anilines is 2. The Kier molecular flexibility index (Phi) is 5.11. The summed E-state index contributed by atoms with van der Waals surface area (Å²) in [5.74, 6) is 6.76. The molecule has 0 saturated carbocycles. The third-order valence-corrected chi connectivity index (χ3v) is 2.57. The van der Waals surface area contributed by atoms with Crippen molar-refractivity contribution >= 4 is 11.6 Å². The third-order valence-electron chi connectivity index (χ3n) is 2.57. The molecule has 1 heterocycles.